The molecule has 2 aliphatic carbocycles. The van der Waals surface area contributed by atoms with Crippen LogP contribution in [-0.4, -0.2) is 17.0 Å². The van der Waals surface area contributed by atoms with Crippen molar-refractivity contribution < 1.29 is 14.7 Å². The van der Waals surface area contributed by atoms with E-state index in [1.54, 1.807) is 0 Å². The summed E-state index contributed by atoms with van der Waals surface area (Å²) in [7, 11) is 0. The standard InChI is InChI=1S/C19H25NO3/c1-13-5-4-6-16(11-13)19(9-2-3-10-19)20-17(21)14-7-8-15(12-14)18(22)23/h4-6,11,14-15H,2-3,7-10,12H2,1H3,(H,20,21)(H,22,23)/t14-,15+/m1/s1. The van der Waals surface area contributed by atoms with E-state index in [9.17, 15) is 9.59 Å². The molecule has 124 valence electrons. The molecule has 2 saturated carbocycles. The van der Waals surface area contributed by atoms with Crippen LogP contribution in [0.5, 0.6) is 0 Å². The van der Waals surface area contributed by atoms with Gasteiger partial charge in [-0.1, -0.05) is 42.7 Å². The van der Waals surface area contributed by atoms with Gasteiger partial charge in [-0.15, -0.1) is 0 Å². The van der Waals surface area contributed by atoms with Crippen molar-refractivity contribution in [3.8, 4) is 0 Å². The summed E-state index contributed by atoms with van der Waals surface area (Å²) < 4.78 is 0. The van der Waals surface area contributed by atoms with E-state index < -0.39 is 5.97 Å². The van der Waals surface area contributed by atoms with Crippen LogP contribution < -0.4 is 5.32 Å². The lowest BCUT2D eigenvalue weighted by molar-refractivity contribution is -0.141. The Morgan fingerprint density at radius 2 is 1.87 bits per heavy atom. The fourth-order valence-corrected chi connectivity index (χ4v) is 4.19. The average molecular weight is 315 g/mol. The quantitative estimate of drug-likeness (QED) is 0.895. The van der Waals surface area contributed by atoms with Gasteiger partial charge < -0.3 is 10.4 Å². The van der Waals surface area contributed by atoms with Crippen LogP contribution in [0.3, 0.4) is 0 Å². The Morgan fingerprint density at radius 3 is 2.48 bits per heavy atom. The maximum Gasteiger partial charge on any atom is 0.306 e. The molecule has 0 aliphatic heterocycles. The number of aliphatic carboxylic acids is 1. The first kappa shape index (κ1) is 16.0. The van der Waals surface area contributed by atoms with E-state index >= 15 is 0 Å². The van der Waals surface area contributed by atoms with Crippen LogP contribution in [0.4, 0.5) is 0 Å². The third-order valence-corrected chi connectivity index (χ3v) is 5.54. The van der Waals surface area contributed by atoms with E-state index in [0.717, 1.165) is 25.7 Å². The van der Waals surface area contributed by atoms with Gasteiger partial charge in [-0.05, 0) is 44.6 Å². The average Bonchev–Trinajstić information content (AvgIpc) is 3.17. The maximum absolute atomic E-state index is 12.7. The Balaban J connectivity index is 1.75. The predicted octanol–water partition coefficient (Wildman–Crippen LogP) is 3.38. The first-order valence-electron chi connectivity index (χ1n) is 8.62. The summed E-state index contributed by atoms with van der Waals surface area (Å²) in [5.74, 6) is -1.24. The highest BCUT2D eigenvalue weighted by atomic mass is 16.4. The second-order valence-corrected chi connectivity index (χ2v) is 7.19. The lowest BCUT2D eigenvalue weighted by atomic mass is 9.86. The van der Waals surface area contributed by atoms with Gasteiger partial charge in [0.25, 0.3) is 0 Å². The SMILES string of the molecule is Cc1cccc(C2(NC(=O)[C@@H]3CC[C@H](C(=O)O)C3)CCCC2)c1. The molecule has 0 bridgehead atoms. The van der Waals surface area contributed by atoms with Gasteiger partial charge in [-0.3, -0.25) is 9.59 Å². The summed E-state index contributed by atoms with van der Waals surface area (Å²) in [5, 5.41) is 12.4. The predicted molar refractivity (Wildman–Crippen MR) is 87.9 cm³/mol. The molecule has 0 spiro atoms. The molecule has 1 amide bonds. The fraction of sp³-hybridized carbons (Fsp3) is 0.579. The molecule has 0 aromatic heterocycles. The van der Waals surface area contributed by atoms with Crippen LogP contribution in [0.2, 0.25) is 0 Å². The topological polar surface area (TPSA) is 66.4 Å². The van der Waals surface area contributed by atoms with Gasteiger partial charge >= 0.3 is 5.97 Å². The summed E-state index contributed by atoms with van der Waals surface area (Å²) in [6.07, 6.45) is 5.96. The molecule has 0 unspecified atom stereocenters. The number of hydrogen-bond acceptors (Lipinski definition) is 2. The zero-order chi connectivity index (χ0) is 16.4. The lowest BCUT2D eigenvalue weighted by Crippen LogP contribution is -2.46. The largest absolute Gasteiger partial charge is 0.481 e. The summed E-state index contributed by atoms with van der Waals surface area (Å²) in [6.45, 7) is 2.07. The molecule has 0 heterocycles. The number of benzene rings is 1. The molecule has 3 rings (SSSR count). The minimum absolute atomic E-state index is 0.0390. The van der Waals surface area contributed by atoms with E-state index in [0.29, 0.717) is 19.3 Å². The number of carboxylic acid groups (broad SMARTS) is 1. The molecule has 2 atom stereocenters. The second kappa shape index (κ2) is 6.34. The summed E-state index contributed by atoms with van der Waals surface area (Å²) in [6, 6.07) is 8.39. The second-order valence-electron chi connectivity index (χ2n) is 7.19. The van der Waals surface area contributed by atoms with Crippen LogP contribution in [0.15, 0.2) is 24.3 Å². The number of rotatable bonds is 4. The Labute approximate surface area is 137 Å². The number of amides is 1. The van der Waals surface area contributed by atoms with Crippen molar-refractivity contribution in [2.45, 2.75) is 57.4 Å². The van der Waals surface area contributed by atoms with E-state index in [1.807, 2.05) is 6.07 Å². The Kier molecular flexibility index (Phi) is 4.42. The molecule has 4 nitrogen and oxygen atoms in total. The molecule has 2 aliphatic rings. The first-order valence-corrected chi connectivity index (χ1v) is 8.62. The van der Waals surface area contributed by atoms with Crippen molar-refractivity contribution in [3.05, 3.63) is 35.4 Å². The fourth-order valence-electron chi connectivity index (χ4n) is 4.19. The molecule has 4 heteroatoms. The molecule has 0 radical (unpaired) electrons. The van der Waals surface area contributed by atoms with Crippen LogP contribution in [0, 0.1) is 18.8 Å². The molecule has 0 saturated heterocycles. The van der Waals surface area contributed by atoms with Crippen molar-refractivity contribution >= 4 is 11.9 Å². The van der Waals surface area contributed by atoms with E-state index in [1.165, 1.54) is 11.1 Å². The van der Waals surface area contributed by atoms with Gasteiger partial charge in [0.15, 0.2) is 0 Å². The van der Waals surface area contributed by atoms with Gasteiger partial charge in [0, 0.05) is 5.92 Å². The molecule has 23 heavy (non-hydrogen) atoms. The van der Waals surface area contributed by atoms with E-state index in [2.05, 4.69) is 30.4 Å². The third-order valence-electron chi connectivity index (χ3n) is 5.54. The molecular weight excluding hydrogens is 290 g/mol. The number of aryl methyl sites for hydroxylation is 1. The number of carbonyl (C=O) groups excluding carboxylic acids is 1. The molecule has 2 fully saturated rings. The summed E-state index contributed by atoms with van der Waals surface area (Å²) in [5.41, 5.74) is 2.13. The van der Waals surface area contributed by atoms with Gasteiger partial charge in [0.2, 0.25) is 5.91 Å². The van der Waals surface area contributed by atoms with Crippen LogP contribution in [-0.2, 0) is 15.1 Å². The Hall–Kier alpha value is -1.84. The van der Waals surface area contributed by atoms with Crippen molar-refractivity contribution in [1.29, 1.82) is 0 Å². The number of hydrogen-bond donors (Lipinski definition) is 2. The first-order chi connectivity index (χ1) is 11.0. The van der Waals surface area contributed by atoms with Crippen molar-refractivity contribution in [3.63, 3.8) is 0 Å². The highest BCUT2D eigenvalue weighted by molar-refractivity contribution is 5.81. The zero-order valence-corrected chi connectivity index (χ0v) is 13.7. The van der Waals surface area contributed by atoms with Crippen molar-refractivity contribution in [1.82, 2.24) is 5.32 Å². The van der Waals surface area contributed by atoms with Crippen LogP contribution in [0.25, 0.3) is 0 Å². The minimum atomic E-state index is -0.769. The number of carboxylic acids is 1. The van der Waals surface area contributed by atoms with E-state index in [-0.39, 0.29) is 23.3 Å². The molecule has 1 aromatic rings. The number of nitrogens with one attached hydrogen (secondary N) is 1. The van der Waals surface area contributed by atoms with Gasteiger partial charge in [-0.25, -0.2) is 0 Å². The Bertz CT molecular complexity index is 604. The maximum atomic E-state index is 12.7. The smallest absolute Gasteiger partial charge is 0.306 e. The summed E-state index contributed by atoms with van der Waals surface area (Å²) >= 11 is 0. The molecular formula is C19H25NO3. The lowest BCUT2D eigenvalue weighted by Gasteiger charge is -2.32. The van der Waals surface area contributed by atoms with Crippen LogP contribution >= 0.6 is 0 Å². The van der Waals surface area contributed by atoms with Gasteiger partial charge in [0.05, 0.1) is 11.5 Å². The van der Waals surface area contributed by atoms with E-state index in [4.69, 9.17) is 5.11 Å². The van der Waals surface area contributed by atoms with Crippen LogP contribution in [0.1, 0.15) is 56.1 Å². The number of carbonyl (C=O) groups is 2. The molecule has 1 aromatic carbocycles. The normalized spacial score (nSPS) is 26.1. The molecule has 2 N–H and O–H groups in total. The zero-order valence-electron chi connectivity index (χ0n) is 13.7. The minimum Gasteiger partial charge on any atom is -0.481 e. The van der Waals surface area contributed by atoms with Gasteiger partial charge in [-0.2, -0.15) is 0 Å². The Morgan fingerprint density at radius 1 is 1.17 bits per heavy atom. The van der Waals surface area contributed by atoms with Crippen molar-refractivity contribution in [2.75, 3.05) is 0 Å². The van der Waals surface area contributed by atoms with Gasteiger partial charge in [0.1, 0.15) is 0 Å². The highest BCUT2D eigenvalue weighted by Crippen LogP contribution is 2.40. The highest BCUT2D eigenvalue weighted by Gasteiger charge is 2.40. The van der Waals surface area contributed by atoms with Crippen molar-refractivity contribution in [2.24, 2.45) is 11.8 Å². The summed E-state index contributed by atoms with van der Waals surface area (Å²) in [4.78, 5) is 23.8. The monoisotopic (exact) mass is 315 g/mol. The third kappa shape index (κ3) is 3.26.